The van der Waals surface area contributed by atoms with Gasteiger partial charge in [0.05, 0.1) is 12.3 Å². The smallest absolute Gasteiger partial charge is 0.125 e. The van der Waals surface area contributed by atoms with Crippen molar-refractivity contribution in [1.29, 1.82) is 0 Å². The van der Waals surface area contributed by atoms with Crippen molar-refractivity contribution < 1.29 is 4.42 Å². The maximum absolute atomic E-state index is 5.92. The molecule has 0 saturated heterocycles. The highest BCUT2D eigenvalue weighted by Gasteiger charge is 2.10. The van der Waals surface area contributed by atoms with E-state index in [9.17, 15) is 0 Å². The van der Waals surface area contributed by atoms with Crippen molar-refractivity contribution in [2.45, 2.75) is 6.04 Å². The molecule has 2 nitrogen and oxygen atoms in total. The topological polar surface area (TPSA) is 39.2 Å². The molecule has 0 aromatic carbocycles. The second-order valence-electron chi connectivity index (χ2n) is 2.55. The highest BCUT2D eigenvalue weighted by molar-refractivity contribution is 7.07. The van der Waals surface area contributed by atoms with Gasteiger partial charge in [0, 0.05) is 0 Å². The summed E-state index contributed by atoms with van der Waals surface area (Å²) in [6, 6.07) is 5.63. The van der Waals surface area contributed by atoms with Crippen molar-refractivity contribution in [2.75, 3.05) is 0 Å². The molecule has 0 aliphatic carbocycles. The van der Waals surface area contributed by atoms with E-state index < -0.39 is 0 Å². The lowest BCUT2D eigenvalue weighted by atomic mass is 10.1. The highest BCUT2D eigenvalue weighted by atomic mass is 35.5. The summed E-state index contributed by atoms with van der Waals surface area (Å²) in [5, 5.41) is 4.05. The Bertz CT molecular complexity index is 296. The van der Waals surface area contributed by atoms with Gasteiger partial charge in [0.2, 0.25) is 0 Å². The van der Waals surface area contributed by atoms with Crippen molar-refractivity contribution in [3.8, 4) is 0 Å². The molecule has 1 atom stereocenters. The van der Waals surface area contributed by atoms with Gasteiger partial charge in [0.15, 0.2) is 0 Å². The first-order chi connectivity index (χ1) is 5.88. The second kappa shape index (κ2) is 4.46. The van der Waals surface area contributed by atoms with Gasteiger partial charge >= 0.3 is 0 Å². The number of hydrogen-bond acceptors (Lipinski definition) is 3. The Kier molecular flexibility index (Phi) is 3.54. The minimum Gasteiger partial charge on any atom is -0.467 e. The van der Waals surface area contributed by atoms with Gasteiger partial charge in [-0.2, -0.15) is 11.3 Å². The van der Waals surface area contributed by atoms with Crippen molar-refractivity contribution in [1.82, 2.24) is 0 Å². The first-order valence-electron chi connectivity index (χ1n) is 3.69. The zero-order valence-electron chi connectivity index (χ0n) is 6.84. The molecule has 0 aliphatic heterocycles. The van der Waals surface area contributed by atoms with Crippen LogP contribution in [0.3, 0.4) is 0 Å². The lowest BCUT2D eigenvalue weighted by molar-refractivity contribution is 0.490. The fourth-order valence-corrected chi connectivity index (χ4v) is 1.78. The zero-order chi connectivity index (χ0) is 8.39. The molecular weight excluding hydrogens is 206 g/mol. The number of furan rings is 1. The predicted octanol–water partition coefficient (Wildman–Crippen LogP) is 2.81. The van der Waals surface area contributed by atoms with Crippen LogP contribution in [-0.2, 0) is 0 Å². The molecule has 2 rings (SSSR count). The van der Waals surface area contributed by atoms with E-state index in [1.165, 1.54) is 0 Å². The minimum absolute atomic E-state index is 0. The molecule has 0 spiro atoms. The van der Waals surface area contributed by atoms with E-state index in [-0.39, 0.29) is 18.4 Å². The summed E-state index contributed by atoms with van der Waals surface area (Å²) < 4.78 is 5.20. The van der Waals surface area contributed by atoms with Crippen LogP contribution in [0.2, 0.25) is 0 Å². The standard InChI is InChI=1S/C9H9NOS.ClH/c10-9(7-3-5-12-6-7)8-2-1-4-11-8;/h1-6,9H,10H2;1H/t9-;/m1./s1. The summed E-state index contributed by atoms with van der Waals surface area (Å²) in [6.45, 7) is 0. The molecule has 4 heteroatoms. The number of halogens is 1. The number of rotatable bonds is 2. The van der Waals surface area contributed by atoms with E-state index in [4.69, 9.17) is 10.2 Å². The van der Waals surface area contributed by atoms with Gasteiger partial charge in [-0.25, -0.2) is 0 Å². The van der Waals surface area contributed by atoms with Gasteiger partial charge in [-0.15, -0.1) is 12.4 Å². The maximum atomic E-state index is 5.92. The van der Waals surface area contributed by atoms with E-state index in [0.29, 0.717) is 0 Å². The molecule has 2 aromatic heterocycles. The normalized spacial score (nSPS) is 12.1. The first kappa shape index (κ1) is 10.3. The maximum Gasteiger partial charge on any atom is 0.125 e. The Morgan fingerprint density at radius 3 is 2.77 bits per heavy atom. The molecule has 0 unspecified atom stereocenters. The third-order valence-electron chi connectivity index (χ3n) is 1.75. The van der Waals surface area contributed by atoms with E-state index in [1.807, 2.05) is 29.0 Å². The largest absolute Gasteiger partial charge is 0.467 e. The Balaban J connectivity index is 0.000000845. The van der Waals surface area contributed by atoms with E-state index >= 15 is 0 Å². The van der Waals surface area contributed by atoms with Crippen molar-refractivity contribution in [2.24, 2.45) is 5.73 Å². The molecule has 0 fully saturated rings. The molecule has 13 heavy (non-hydrogen) atoms. The van der Waals surface area contributed by atoms with Crippen LogP contribution in [-0.4, -0.2) is 0 Å². The summed E-state index contributed by atoms with van der Waals surface area (Å²) in [5.74, 6) is 0.813. The summed E-state index contributed by atoms with van der Waals surface area (Å²) in [7, 11) is 0. The zero-order valence-corrected chi connectivity index (χ0v) is 8.48. The van der Waals surface area contributed by atoms with Crippen molar-refractivity contribution in [3.63, 3.8) is 0 Å². The third kappa shape index (κ3) is 2.12. The molecule has 0 radical (unpaired) electrons. The first-order valence-corrected chi connectivity index (χ1v) is 4.63. The molecule has 2 N–H and O–H groups in total. The second-order valence-corrected chi connectivity index (χ2v) is 3.33. The molecule has 70 valence electrons. The van der Waals surface area contributed by atoms with Crippen molar-refractivity contribution in [3.05, 3.63) is 46.5 Å². The average molecular weight is 216 g/mol. The molecule has 0 saturated carbocycles. The Hall–Kier alpha value is -0.770. The summed E-state index contributed by atoms with van der Waals surface area (Å²) >= 11 is 1.64. The van der Waals surface area contributed by atoms with Gasteiger partial charge < -0.3 is 10.2 Å². The van der Waals surface area contributed by atoms with Crippen LogP contribution in [0.1, 0.15) is 17.4 Å². The van der Waals surface area contributed by atoms with E-state index in [1.54, 1.807) is 17.6 Å². The lowest BCUT2D eigenvalue weighted by Crippen LogP contribution is -2.09. The number of nitrogens with two attached hydrogens (primary N) is 1. The van der Waals surface area contributed by atoms with E-state index in [2.05, 4.69) is 0 Å². The Labute approximate surface area is 86.8 Å². The van der Waals surface area contributed by atoms with Gasteiger partial charge in [-0.05, 0) is 34.5 Å². The Morgan fingerprint density at radius 1 is 1.38 bits per heavy atom. The summed E-state index contributed by atoms with van der Waals surface area (Å²) in [6.07, 6.45) is 1.64. The van der Waals surface area contributed by atoms with Gasteiger partial charge in [0.25, 0.3) is 0 Å². The van der Waals surface area contributed by atoms with Gasteiger partial charge in [-0.3, -0.25) is 0 Å². The fraction of sp³-hybridized carbons (Fsp3) is 0.111. The average Bonchev–Trinajstić information content (AvgIpc) is 2.77. The molecular formula is C9H10ClNOS. The summed E-state index contributed by atoms with van der Waals surface area (Å²) in [5.41, 5.74) is 7.02. The number of thiophene rings is 1. The SMILES string of the molecule is Cl.N[C@H](c1ccsc1)c1ccco1. The van der Waals surface area contributed by atoms with Crippen LogP contribution >= 0.6 is 23.7 Å². The predicted molar refractivity (Wildman–Crippen MR) is 56.3 cm³/mol. The highest BCUT2D eigenvalue weighted by Crippen LogP contribution is 2.21. The van der Waals surface area contributed by atoms with Crippen LogP contribution in [0.15, 0.2) is 39.6 Å². The molecule has 0 bridgehead atoms. The van der Waals surface area contributed by atoms with Gasteiger partial charge in [-0.1, -0.05) is 0 Å². The van der Waals surface area contributed by atoms with Gasteiger partial charge in [0.1, 0.15) is 5.76 Å². The fourth-order valence-electron chi connectivity index (χ4n) is 1.08. The van der Waals surface area contributed by atoms with Crippen LogP contribution in [0.25, 0.3) is 0 Å². The number of hydrogen-bond donors (Lipinski definition) is 1. The third-order valence-corrected chi connectivity index (χ3v) is 2.45. The van der Waals surface area contributed by atoms with E-state index in [0.717, 1.165) is 11.3 Å². The van der Waals surface area contributed by atoms with Crippen LogP contribution < -0.4 is 5.73 Å². The lowest BCUT2D eigenvalue weighted by Gasteiger charge is -2.04. The molecule has 2 aromatic rings. The Morgan fingerprint density at radius 2 is 2.23 bits per heavy atom. The summed E-state index contributed by atoms with van der Waals surface area (Å²) in [4.78, 5) is 0. The molecule has 0 aliphatic rings. The van der Waals surface area contributed by atoms with Crippen LogP contribution in [0.5, 0.6) is 0 Å². The quantitative estimate of drug-likeness (QED) is 0.837. The monoisotopic (exact) mass is 215 g/mol. The molecule has 0 amide bonds. The molecule has 2 heterocycles. The van der Waals surface area contributed by atoms with Crippen LogP contribution in [0, 0.1) is 0 Å². The minimum atomic E-state index is -0.119. The van der Waals surface area contributed by atoms with Crippen molar-refractivity contribution >= 4 is 23.7 Å². The van der Waals surface area contributed by atoms with Crippen LogP contribution in [0.4, 0.5) is 0 Å².